The van der Waals surface area contributed by atoms with Gasteiger partial charge in [0.2, 0.25) is 0 Å². The van der Waals surface area contributed by atoms with Gasteiger partial charge in [-0.25, -0.2) is 15.0 Å². The lowest BCUT2D eigenvalue weighted by atomic mass is 9.96. The van der Waals surface area contributed by atoms with Gasteiger partial charge in [0.05, 0.1) is 16.7 Å². The molecule has 0 spiro atoms. The van der Waals surface area contributed by atoms with E-state index in [1.807, 2.05) is 60.7 Å². The lowest BCUT2D eigenvalue weighted by Gasteiger charge is -2.28. The van der Waals surface area contributed by atoms with Crippen molar-refractivity contribution in [2.24, 2.45) is 0 Å². The number of hydrogen-bond acceptors (Lipinski definition) is 4. The molecule has 3 heterocycles. The molecular formula is C51H33N5. The van der Waals surface area contributed by atoms with Crippen LogP contribution >= 0.6 is 0 Å². The summed E-state index contributed by atoms with van der Waals surface area (Å²) in [6, 6.07) is 66.0. The van der Waals surface area contributed by atoms with Crippen molar-refractivity contribution in [3.8, 4) is 51.0 Å². The lowest BCUT2D eigenvalue weighted by Crippen LogP contribution is -2.13. The van der Waals surface area contributed by atoms with Crippen LogP contribution in [0.4, 0.5) is 11.4 Å². The first-order valence-electron chi connectivity index (χ1n) is 18.9. The topological polar surface area (TPSA) is 46.8 Å². The molecule has 0 aliphatic carbocycles. The first-order valence-corrected chi connectivity index (χ1v) is 18.9. The van der Waals surface area contributed by atoms with Crippen molar-refractivity contribution < 1.29 is 0 Å². The van der Waals surface area contributed by atoms with Crippen molar-refractivity contribution >= 4 is 50.0 Å². The zero-order valence-corrected chi connectivity index (χ0v) is 30.3. The minimum Gasteiger partial charge on any atom is -0.315 e. The summed E-state index contributed by atoms with van der Waals surface area (Å²) in [6.07, 6.45) is 4.44. The Bertz CT molecular complexity index is 3060. The third-order valence-electron chi connectivity index (χ3n) is 10.7. The summed E-state index contributed by atoms with van der Waals surface area (Å²) in [5, 5.41) is 4.89. The molecule has 1 aliphatic rings. The average Bonchev–Trinajstić information content (AvgIpc) is 3.61. The highest BCUT2D eigenvalue weighted by atomic mass is 15.1. The van der Waals surface area contributed by atoms with Crippen LogP contribution in [0.25, 0.3) is 89.6 Å². The molecular weight excluding hydrogens is 683 g/mol. The largest absolute Gasteiger partial charge is 0.315 e. The summed E-state index contributed by atoms with van der Waals surface area (Å²) in [5.41, 5.74) is 12.0. The molecule has 2 aromatic heterocycles. The van der Waals surface area contributed by atoms with Crippen LogP contribution < -0.4 is 4.90 Å². The second-order valence-corrected chi connectivity index (χ2v) is 14.1. The van der Waals surface area contributed by atoms with Crippen molar-refractivity contribution in [1.82, 2.24) is 19.5 Å². The van der Waals surface area contributed by atoms with Crippen molar-refractivity contribution in [3.63, 3.8) is 0 Å². The predicted molar refractivity (Wildman–Crippen MR) is 231 cm³/mol. The van der Waals surface area contributed by atoms with Gasteiger partial charge in [0.25, 0.3) is 0 Å². The van der Waals surface area contributed by atoms with Gasteiger partial charge >= 0.3 is 0 Å². The minimum atomic E-state index is 0.634. The Hall–Kier alpha value is -7.63. The number of para-hydroxylation sites is 2. The minimum absolute atomic E-state index is 0.634. The highest BCUT2D eigenvalue weighted by molar-refractivity contribution is 6.23. The van der Waals surface area contributed by atoms with Gasteiger partial charge in [0, 0.05) is 50.4 Å². The first-order chi connectivity index (χ1) is 27.8. The molecule has 0 N–H and O–H groups in total. The molecule has 0 radical (unpaired) electrons. The number of rotatable bonds is 6. The summed E-state index contributed by atoms with van der Waals surface area (Å²) in [5.74, 6) is 1.93. The number of anilines is 2. The number of hydrogen-bond donors (Lipinski definition) is 0. The molecule has 0 atom stereocenters. The predicted octanol–water partition coefficient (Wildman–Crippen LogP) is 12.9. The molecule has 11 rings (SSSR count). The maximum atomic E-state index is 5.02. The van der Waals surface area contributed by atoms with Crippen molar-refractivity contribution in [3.05, 3.63) is 200 Å². The van der Waals surface area contributed by atoms with Crippen LogP contribution in [0.15, 0.2) is 194 Å². The summed E-state index contributed by atoms with van der Waals surface area (Å²) in [7, 11) is 0. The maximum absolute atomic E-state index is 5.02. The van der Waals surface area contributed by atoms with E-state index in [0.29, 0.717) is 17.5 Å². The van der Waals surface area contributed by atoms with Crippen LogP contribution in [0.1, 0.15) is 5.56 Å². The molecule has 0 amide bonds. The number of benzene rings is 8. The summed E-state index contributed by atoms with van der Waals surface area (Å²) in [4.78, 5) is 17.3. The van der Waals surface area contributed by atoms with Gasteiger partial charge in [-0.15, -0.1) is 0 Å². The number of aromatic nitrogens is 4. The Morgan fingerprint density at radius 1 is 0.393 bits per heavy atom. The van der Waals surface area contributed by atoms with E-state index in [1.54, 1.807) is 0 Å². The van der Waals surface area contributed by atoms with E-state index in [1.165, 1.54) is 38.3 Å². The van der Waals surface area contributed by atoms with E-state index in [4.69, 9.17) is 15.0 Å². The Kier molecular flexibility index (Phi) is 7.42. The molecule has 0 saturated carbocycles. The fourth-order valence-electron chi connectivity index (χ4n) is 8.16. The van der Waals surface area contributed by atoms with Gasteiger partial charge in [0.15, 0.2) is 17.5 Å². The molecule has 5 heteroatoms. The van der Waals surface area contributed by atoms with Crippen LogP contribution in [0, 0.1) is 0 Å². The normalized spacial score (nSPS) is 12.2. The third-order valence-corrected chi connectivity index (χ3v) is 10.7. The van der Waals surface area contributed by atoms with Crippen LogP contribution in [0.3, 0.4) is 0 Å². The molecule has 0 saturated heterocycles. The molecule has 0 bridgehead atoms. The summed E-state index contributed by atoms with van der Waals surface area (Å²) in [6.45, 7) is 0. The van der Waals surface area contributed by atoms with E-state index in [2.05, 4.69) is 149 Å². The summed E-state index contributed by atoms with van der Waals surface area (Å²) < 4.78 is 2.45. The quantitative estimate of drug-likeness (QED) is 0.172. The Morgan fingerprint density at radius 2 is 0.946 bits per heavy atom. The smallest absolute Gasteiger partial charge is 0.164 e. The fraction of sp³-hybridized carbons (Fsp3) is 0. The molecule has 1 aliphatic heterocycles. The van der Waals surface area contributed by atoms with Gasteiger partial charge in [-0.3, -0.25) is 0 Å². The first kappa shape index (κ1) is 31.9. The lowest BCUT2D eigenvalue weighted by molar-refractivity contribution is 1.07. The zero-order valence-electron chi connectivity index (χ0n) is 30.3. The Labute approximate surface area is 324 Å². The summed E-state index contributed by atoms with van der Waals surface area (Å²) >= 11 is 0. The maximum Gasteiger partial charge on any atom is 0.164 e. The third kappa shape index (κ3) is 5.29. The highest BCUT2D eigenvalue weighted by Crippen LogP contribution is 2.48. The zero-order chi connectivity index (χ0) is 37.0. The van der Waals surface area contributed by atoms with E-state index >= 15 is 0 Å². The standard InChI is InChI=1S/C51H33N5/c1-5-15-35(16-6-1)49-52-50(36-17-7-2-8-18-36)54-51(53-49)40-22-14-20-37(31-40)38-27-28-43-44-32-39-21-13-19-34-29-30-55(41-23-9-3-10-24-41)48(46(34)39)47(44)56(45(43)33-38)42-25-11-4-12-26-42/h1-33H. The van der Waals surface area contributed by atoms with Crippen molar-refractivity contribution in [1.29, 1.82) is 0 Å². The Balaban J connectivity index is 1.13. The monoisotopic (exact) mass is 715 g/mol. The van der Waals surface area contributed by atoms with E-state index in [0.717, 1.165) is 44.7 Å². The fourth-order valence-corrected chi connectivity index (χ4v) is 8.16. The number of nitrogens with zero attached hydrogens (tertiary/aromatic N) is 5. The van der Waals surface area contributed by atoms with Crippen molar-refractivity contribution in [2.45, 2.75) is 0 Å². The van der Waals surface area contributed by atoms with Gasteiger partial charge in [-0.2, -0.15) is 0 Å². The van der Waals surface area contributed by atoms with E-state index in [9.17, 15) is 0 Å². The highest BCUT2D eigenvalue weighted by Gasteiger charge is 2.25. The second kappa shape index (κ2) is 13.0. The van der Waals surface area contributed by atoms with Gasteiger partial charge in [-0.1, -0.05) is 146 Å². The molecule has 10 aromatic rings. The Morgan fingerprint density at radius 3 is 1.62 bits per heavy atom. The van der Waals surface area contributed by atoms with Crippen LogP contribution in [-0.4, -0.2) is 19.5 Å². The molecule has 0 fully saturated rings. The molecule has 262 valence electrons. The van der Waals surface area contributed by atoms with Crippen LogP contribution in [0.2, 0.25) is 0 Å². The van der Waals surface area contributed by atoms with E-state index < -0.39 is 0 Å². The van der Waals surface area contributed by atoms with Gasteiger partial charge in [-0.05, 0) is 70.6 Å². The molecule has 56 heavy (non-hydrogen) atoms. The average molecular weight is 716 g/mol. The SMILES string of the molecule is C1=CN(c2ccccc2)c2c3c1cccc3cc1c3ccc(-c4cccc(-c5nc(-c6ccccc6)nc(-c6ccccc6)n5)c4)cc3n(-c3ccccc3)c21. The van der Waals surface area contributed by atoms with Gasteiger partial charge < -0.3 is 9.47 Å². The van der Waals surface area contributed by atoms with Crippen LogP contribution in [0.5, 0.6) is 0 Å². The second-order valence-electron chi connectivity index (χ2n) is 14.1. The van der Waals surface area contributed by atoms with E-state index in [-0.39, 0.29) is 0 Å². The molecule has 0 unspecified atom stereocenters. The van der Waals surface area contributed by atoms with Crippen molar-refractivity contribution in [2.75, 3.05) is 4.90 Å². The number of fused-ring (bicyclic) bond motifs is 4. The molecule has 5 nitrogen and oxygen atoms in total. The van der Waals surface area contributed by atoms with Gasteiger partial charge in [0.1, 0.15) is 0 Å². The van der Waals surface area contributed by atoms with Crippen LogP contribution in [-0.2, 0) is 0 Å². The molecule has 8 aromatic carbocycles.